The van der Waals surface area contributed by atoms with E-state index in [2.05, 4.69) is 17.1 Å². The molecular weight excluding hydrogens is 300 g/mol. The molecule has 4 heteroatoms. The minimum atomic E-state index is -0.164. The Hall–Kier alpha value is -2.20. The molecule has 2 aromatic rings. The molecule has 1 atom stereocenters. The number of hydrogen-bond acceptors (Lipinski definition) is 3. The van der Waals surface area contributed by atoms with Crippen molar-refractivity contribution in [2.75, 3.05) is 6.61 Å². The van der Waals surface area contributed by atoms with E-state index < -0.39 is 0 Å². The minimum Gasteiger partial charge on any atom is -0.394 e. The van der Waals surface area contributed by atoms with E-state index >= 15 is 0 Å². The largest absolute Gasteiger partial charge is 0.394 e. The Morgan fingerprint density at radius 2 is 1.88 bits per heavy atom. The molecular formula is C20H24N2O2. The van der Waals surface area contributed by atoms with Crippen molar-refractivity contribution in [2.45, 2.75) is 38.8 Å². The Labute approximate surface area is 143 Å². The second kappa shape index (κ2) is 7.58. The summed E-state index contributed by atoms with van der Waals surface area (Å²) in [6.45, 7) is 2.43. The smallest absolute Gasteiger partial charge is 0.227 e. The van der Waals surface area contributed by atoms with Gasteiger partial charge in [-0.25, -0.2) is 0 Å². The van der Waals surface area contributed by atoms with Crippen LogP contribution in [0, 0.1) is 5.92 Å². The van der Waals surface area contributed by atoms with Crippen LogP contribution >= 0.6 is 0 Å². The van der Waals surface area contributed by atoms with Gasteiger partial charge in [0.25, 0.3) is 0 Å². The minimum absolute atomic E-state index is 0.0191. The number of aromatic nitrogens is 1. The first kappa shape index (κ1) is 16.7. The van der Waals surface area contributed by atoms with Crippen LogP contribution in [-0.4, -0.2) is 33.5 Å². The molecule has 1 N–H and O–H groups in total. The monoisotopic (exact) mass is 324 g/mol. The zero-order chi connectivity index (χ0) is 16.9. The van der Waals surface area contributed by atoms with Crippen molar-refractivity contribution in [1.82, 2.24) is 9.88 Å². The maximum absolute atomic E-state index is 13.2. The number of hydrogen-bond donors (Lipinski definition) is 1. The van der Waals surface area contributed by atoms with Crippen LogP contribution in [-0.2, 0) is 24.2 Å². The number of aliphatic hydroxyl groups is 1. The molecule has 3 rings (SSSR count). The number of nitrogens with zero attached hydrogens (tertiary/aromatic N) is 2. The van der Waals surface area contributed by atoms with Crippen molar-refractivity contribution in [3.05, 3.63) is 65.5 Å². The third-order valence-electron chi connectivity index (χ3n) is 4.86. The molecule has 0 spiro atoms. The molecule has 0 aliphatic heterocycles. The van der Waals surface area contributed by atoms with Crippen LogP contribution in [0.25, 0.3) is 0 Å². The molecule has 0 radical (unpaired) electrons. The van der Waals surface area contributed by atoms with Crippen LogP contribution in [0.2, 0.25) is 0 Å². The van der Waals surface area contributed by atoms with Gasteiger partial charge in [0.2, 0.25) is 5.91 Å². The average Bonchev–Trinajstić information content (AvgIpc) is 3.06. The molecule has 24 heavy (non-hydrogen) atoms. The van der Waals surface area contributed by atoms with Crippen LogP contribution in [0.4, 0.5) is 0 Å². The predicted octanol–water partition coefficient (Wildman–Crippen LogP) is 2.60. The Balaban J connectivity index is 1.79. The normalized spacial score (nSPS) is 15.1. The molecule has 1 amide bonds. The summed E-state index contributed by atoms with van der Waals surface area (Å²) in [4.78, 5) is 19.3. The first-order valence-corrected chi connectivity index (χ1v) is 8.61. The van der Waals surface area contributed by atoms with Crippen molar-refractivity contribution >= 4 is 5.91 Å². The SMILES string of the molecule is CC[C@@H](CO)N(Cc1ccccn1)C(=O)C1Cc2ccccc2C1. The van der Waals surface area contributed by atoms with E-state index in [9.17, 15) is 9.90 Å². The standard InChI is InChI=1S/C20H24N2O2/c1-2-19(14-23)22(13-18-9-5-6-10-21-18)20(24)17-11-15-7-3-4-8-16(15)12-17/h3-10,17,19,23H,2,11-14H2,1H3/t19-/m0/s1. The lowest BCUT2D eigenvalue weighted by Crippen LogP contribution is -2.45. The summed E-state index contributed by atoms with van der Waals surface area (Å²) in [6, 6.07) is 13.8. The van der Waals surface area contributed by atoms with Crippen molar-refractivity contribution in [1.29, 1.82) is 0 Å². The maximum atomic E-state index is 13.2. The summed E-state index contributed by atoms with van der Waals surface area (Å²) in [7, 11) is 0. The second-order valence-corrected chi connectivity index (χ2v) is 6.41. The molecule has 0 fully saturated rings. The third kappa shape index (κ3) is 3.49. The van der Waals surface area contributed by atoms with Gasteiger partial charge in [0.05, 0.1) is 24.9 Å². The Morgan fingerprint density at radius 3 is 2.42 bits per heavy atom. The fourth-order valence-corrected chi connectivity index (χ4v) is 3.47. The molecule has 1 aromatic carbocycles. The highest BCUT2D eigenvalue weighted by Crippen LogP contribution is 2.29. The molecule has 1 aliphatic rings. The fraction of sp³-hybridized carbons (Fsp3) is 0.400. The zero-order valence-corrected chi connectivity index (χ0v) is 14.1. The molecule has 0 unspecified atom stereocenters. The number of benzene rings is 1. The van der Waals surface area contributed by atoms with E-state index in [1.807, 2.05) is 42.2 Å². The van der Waals surface area contributed by atoms with Crippen molar-refractivity contribution < 1.29 is 9.90 Å². The Morgan fingerprint density at radius 1 is 1.21 bits per heavy atom. The fourth-order valence-electron chi connectivity index (χ4n) is 3.47. The average molecular weight is 324 g/mol. The topological polar surface area (TPSA) is 53.4 Å². The summed E-state index contributed by atoms with van der Waals surface area (Å²) in [6.07, 6.45) is 4.04. The molecule has 0 bridgehead atoms. The zero-order valence-electron chi connectivity index (χ0n) is 14.1. The van der Waals surface area contributed by atoms with Gasteiger partial charge in [0.15, 0.2) is 0 Å². The highest BCUT2D eigenvalue weighted by Gasteiger charge is 2.33. The van der Waals surface area contributed by atoms with Crippen molar-refractivity contribution in [2.24, 2.45) is 5.92 Å². The first-order chi connectivity index (χ1) is 11.7. The number of carbonyl (C=O) groups excluding carboxylic acids is 1. The summed E-state index contributed by atoms with van der Waals surface area (Å²) in [5.41, 5.74) is 3.39. The molecule has 0 saturated carbocycles. The van der Waals surface area contributed by atoms with E-state index in [4.69, 9.17) is 0 Å². The number of amides is 1. The number of fused-ring (bicyclic) bond motifs is 1. The summed E-state index contributed by atoms with van der Waals surface area (Å²) >= 11 is 0. The summed E-state index contributed by atoms with van der Waals surface area (Å²) in [5, 5.41) is 9.73. The van der Waals surface area contributed by atoms with Gasteiger partial charge in [0.1, 0.15) is 0 Å². The van der Waals surface area contributed by atoms with E-state index in [-0.39, 0.29) is 24.5 Å². The number of pyridine rings is 1. The lowest BCUT2D eigenvalue weighted by atomic mass is 10.0. The highest BCUT2D eigenvalue weighted by atomic mass is 16.3. The van der Waals surface area contributed by atoms with E-state index in [0.717, 1.165) is 25.0 Å². The lowest BCUT2D eigenvalue weighted by molar-refractivity contribution is -0.139. The van der Waals surface area contributed by atoms with Crippen molar-refractivity contribution in [3.8, 4) is 0 Å². The first-order valence-electron chi connectivity index (χ1n) is 8.61. The second-order valence-electron chi connectivity index (χ2n) is 6.41. The quantitative estimate of drug-likeness (QED) is 0.888. The van der Waals surface area contributed by atoms with E-state index in [0.29, 0.717) is 6.54 Å². The Bertz CT molecular complexity index is 658. The van der Waals surface area contributed by atoms with Gasteiger partial charge in [-0.05, 0) is 42.5 Å². The van der Waals surface area contributed by atoms with Crippen LogP contribution in [0.3, 0.4) is 0 Å². The van der Waals surface area contributed by atoms with Gasteiger partial charge < -0.3 is 10.0 Å². The molecule has 1 aliphatic carbocycles. The van der Waals surface area contributed by atoms with Gasteiger partial charge in [-0.2, -0.15) is 0 Å². The van der Waals surface area contributed by atoms with Gasteiger partial charge in [-0.15, -0.1) is 0 Å². The third-order valence-corrected chi connectivity index (χ3v) is 4.86. The molecule has 0 saturated heterocycles. The Kier molecular flexibility index (Phi) is 5.26. The van der Waals surface area contributed by atoms with Crippen LogP contribution in [0.5, 0.6) is 0 Å². The van der Waals surface area contributed by atoms with Gasteiger partial charge in [-0.1, -0.05) is 37.3 Å². The molecule has 126 valence electrons. The van der Waals surface area contributed by atoms with E-state index in [1.54, 1.807) is 6.20 Å². The molecule has 4 nitrogen and oxygen atoms in total. The summed E-state index contributed by atoms with van der Waals surface area (Å²) in [5.74, 6) is 0.0875. The van der Waals surface area contributed by atoms with Gasteiger partial charge in [0, 0.05) is 12.1 Å². The highest BCUT2D eigenvalue weighted by molar-refractivity contribution is 5.80. The number of carbonyl (C=O) groups is 1. The van der Waals surface area contributed by atoms with E-state index in [1.165, 1.54) is 11.1 Å². The van der Waals surface area contributed by atoms with Crippen LogP contribution in [0.1, 0.15) is 30.2 Å². The number of aliphatic hydroxyl groups excluding tert-OH is 1. The van der Waals surface area contributed by atoms with Gasteiger partial charge in [-0.3, -0.25) is 9.78 Å². The number of rotatable bonds is 6. The lowest BCUT2D eigenvalue weighted by Gasteiger charge is -2.32. The maximum Gasteiger partial charge on any atom is 0.227 e. The van der Waals surface area contributed by atoms with Crippen LogP contribution in [0.15, 0.2) is 48.7 Å². The summed E-state index contributed by atoms with van der Waals surface area (Å²) < 4.78 is 0. The van der Waals surface area contributed by atoms with Crippen LogP contribution < -0.4 is 0 Å². The molecule has 1 aromatic heterocycles. The molecule has 1 heterocycles. The van der Waals surface area contributed by atoms with Gasteiger partial charge >= 0.3 is 0 Å². The van der Waals surface area contributed by atoms with Crippen molar-refractivity contribution in [3.63, 3.8) is 0 Å². The predicted molar refractivity (Wildman–Crippen MR) is 93.3 cm³/mol.